The molecule has 2 unspecified atom stereocenters. The molecule has 6 amide bonds. The molecule has 3 aliphatic heterocycles. The van der Waals surface area contributed by atoms with Gasteiger partial charge in [-0.2, -0.15) is 0 Å². The highest BCUT2D eigenvalue weighted by atomic mass is 16.6. The van der Waals surface area contributed by atoms with Crippen molar-refractivity contribution >= 4 is 76.0 Å². The molecular weight excluding hydrogens is 1440 g/mol. The van der Waals surface area contributed by atoms with E-state index in [1.54, 1.807) is 54.2 Å². The first kappa shape index (κ1) is 87.3. The molecular formula is C78H109N12O21+. The topological polar surface area (TPSA) is 437 Å². The van der Waals surface area contributed by atoms with E-state index in [0.717, 1.165) is 29.4 Å². The molecule has 4 aromatic rings. The average molecular weight is 1550 g/mol. The number of amides is 6. The highest BCUT2D eigenvalue weighted by Gasteiger charge is 2.49. The van der Waals surface area contributed by atoms with Gasteiger partial charge in [0.2, 0.25) is 23.6 Å². The van der Waals surface area contributed by atoms with Crippen LogP contribution in [0.3, 0.4) is 0 Å². The number of para-hydroxylation sites is 1. The van der Waals surface area contributed by atoms with Gasteiger partial charge in [-0.3, -0.25) is 52.8 Å². The summed E-state index contributed by atoms with van der Waals surface area (Å²) in [6, 6.07) is 14.9. The summed E-state index contributed by atoms with van der Waals surface area (Å²) in [7, 11) is 0. The van der Waals surface area contributed by atoms with E-state index in [1.165, 1.54) is 22.1 Å². The number of esters is 2. The predicted molar refractivity (Wildman–Crippen MR) is 405 cm³/mol. The second-order valence-corrected chi connectivity index (χ2v) is 28.3. The number of oxime groups is 1. The number of nitrogens with one attached hydrogen (secondary N) is 4. The first-order chi connectivity index (χ1) is 53.6. The van der Waals surface area contributed by atoms with E-state index < -0.39 is 66.4 Å². The van der Waals surface area contributed by atoms with Gasteiger partial charge >= 0.3 is 11.9 Å². The van der Waals surface area contributed by atoms with Gasteiger partial charge in [-0.1, -0.05) is 42.4 Å². The molecule has 2 aromatic heterocycles. The van der Waals surface area contributed by atoms with Gasteiger partial charge in [-0.25, -0.2) is 10.8 Å². The number of aromatic nitrogens is 2. The zero-order valence-corrected chi connectivity index (χ0v) is 64.2. The monoisotopic (exact) mass is 1550 g/mol. The van der Waals surface area contributed by atoms with Gasteiger partial charge in [0.25, 0.3) is 17.4 Å². The Labute approximate surface area is 645 Å². The number of cyclic esters (lactones) is 1. The van der Waals surface area contributed by atoms with Crippen LogP contribution in [0, 0.1) is 11.8 Å². The number of nitrogens with zero attached hydrogens (tertiary/aromatic N) is 5. The lowest BCUT2D eigenvalue weighted by Gasteiger charge is -2.35. The highest BCUT2D eigenvalue weighted by Crippen LogP contribution is 2.43. The van der Waals surface area contributed by atoms with E-state index in [0.29, 0.717) is 164 Å². The third-order valence-corrected chi connectivity index (χ3v) is 18.9. The molecule has 4 aliphatic rings. The molecule has 0 radical (unpaired) electrons. The average Bonchev–Trinajstić information content (AvgIpc) is 1.62. The van der Waals surface area contributed by atoms with E-state index in [1.807, 2.05) is 45.0 Å². The molecule has 2 atom stereocenters. The summed E-state index contributed by atoms with van der Waals surface area (Å²) in [5, 5.41) is 17.6. The number of benzene rings is 2. The summed E-state index contributed by atoms with van der Waals surface area (Å²) in [6.45, 7) is 12.7. The van der Waals surface area contributed by atoms with E-state index >= 15 is 0 Å². The number of rotatable bonds is 51. The number of Topliss-reactive ketones (excluding diaryl/α,β-unsaturated/α-hetero) is 1. The fourth-order valence-electron chi connectivity index (χ4n) is 12.9. The van der Waals surface area contributed by atoms with Crippen molar-refractivity contribution in [3.63, 3.8) is 0 Å². The minimum absolute atomic E-state index is 0.0414. The van der Waals surface area contributed by atoms with Crippen molar-refractivity contribution in [2.24, 2.45) is 28.6 Å². The van der Waals surface area contributed by atoms with Gasteiger partial charge in [0, 0.05) is 66.2 Å². The summed E-state index contributed by atoms with van der Waals surface area (Å²) < 4.78 is 57.1. The van der Waals surface area contributed by atoms with E-state index in [-0.39, 0.29) is 118 Å². The summed E-state index contributed by atoms with van der Waals surface area (Å²) >= 11 is 0. The number of hydrogen-bond acceptors (Lipinski definition) is 26. The lowest BCUT2D eigenvalue weighted by molar-refractivity contribution is -0.305. The minimum atomic E-state index is -1.54. The summed E-state index contributed by atoms with van der Waals surface area (Å²) in [6.07, 6.45) is 10.1. The van der Waals surface area contributed by atoms with Crippen molar-refractivity contribution in [1.29, 1.82) is 0 Å². The third kappa shape index (κ3) is 27.9. The van der Waals surface area contributed by atoms with Crippen LogP contribution >= 0.6 is 0 Å². The van der Waals surface area contributed by atoms with Gasteiger partial charge in [-0.05, 0) is 120 Å². The van der Waals surface area contributed by atoms with Crippen LogP contribution < -0.4 is 44.1 Å². The Morgan fingerprint density at radius 1 is 0.766 bits per heavy atom. The number of carbonyl (C=O) groups is 9. The number of carbonyl (C=O) groups excluding carboxylic acids is 9. The number of fused-ring (bicyclic) bond motifs is 5. The molecule has 0 saturated heterocycles. The fraction of sp³-hybridized carbons (Fsp3) is 0.564. The highest BCUT2D eigenvalue weighted by molar-refractivity contribution is 6.13. The Bertz CT molecular complexity index is 3930. The Morgan fingerprint density at radius 2 is 1.39 bits per heavy atom. The Hall–Kier alpha value is -9.26. The molecule has 11 N–H and O–H groups in total. The van der Waals surface area contributed by atoms with E-state index in [9.17, 15) is 47.9 Å². The second-order valence-electron chi connectivity index (χ2n) is 28.3. The number of anilines is 1. The van der Waals surface area contributed by atoms with Gasteiger partial charge in [-0.15, -0.1) is 0 Å². The lowest BCUT2D eigenvalue weighted by atomic mass is 9.72. The van der Waals surface area contributed by atoms with Gasteiger partial charge in [0.1, 0.15) is 55.0 Å². The van der Waals surface area contributed by atoms with Crippen LogP contribution in [-0.4, -0.2) is 229 Å². The summed E-state index contributed by atoms with van der Waals surface area (Å²) in [4.78, 5) is 142. The SMILES string of the molecule is CCC1(CC(=O)OCc2ccc(NC(=O)C(CCCCN)NC(=O)COCC(=O)NCCC(=O)CCOCCOCCOCCOCCOCCOCCOCCN(N)C=C([NH3+])CNC(=O)C3CCC(CN4C(=O)C=CC4=O)CC3)cc2)C(=O)OCc2c1cc1n(c2=O)Cc2c-1nc1ccccc1c2C=NOC(C)(C)C. The Morgan fingerprint density at radius 3 is 2.02 bits per heavy atom. The predicted octanol–water partition coefficient (Wildman–Crippen LogP) is 2.67. The zero-order chi connectivity index (χ0) is 79.6. The number of unbranched alkanes of at least 4 members (excludes halogenated alkanes) is 1. The number of pyridine rings is 2. The maximum absolute atomic E-state index is 14.4. The van der Waals surface area contributed by atoms with Gasteiger partial charge in [0.15, 0.2) is 0 Å². The van der Waals surface area contributed by atoms with Crippen LogP contribution in [0.15, 0.2) is 88.6 Å². The smallest absolute Gasteiger partial charge is 0.317 e. The van der Waals surface area contributed by atoms with Crippen molar-refractivity contribution in [2.45, 2.75) is 135 Å². The second kappa shape index (κ2) is 45.3. The molecule has 0 bridgehead atoms. The number of ether oxygens (including phenoxy) is 10. The van der Waals surface area contributed by atoms with Gasteiger partial charge < -0.3 is 94.5 Å². The van der Waals surface area contributed by atoms with Crippen LogP contribution in [-0.2, 0) is 121 Å². The molecule has 2 aromatic carbocycles. The maximum Gasteiger partial charge on any atom is 0.317 e. The Kier molecular flexibility index (Phi) is 35.6. The van der Waals surface area contributed by atoms with E-state index in [2.05, 4.69) is 32.2 Å². The molecule has 111 heavy (non-hydrogen) atoms. The number of hydrogen-bond donors (Lipinski definition) is 7. The molecule has 1 fully saturated rings. The Balaban J connectivity index is 0.597. The van der Waals surface area contributed by atoms with Crippen LogP contribution in [0.25, 0.3) is 22.3 Å². The molecule has 1 saturated carbocycles. The number of ketones is 1. The third-order valence-electron chi connectivity index (χ3n) is 18.9. The standard InChI is InChI=1S/C78H108N12O21/c1-5-78(63-42-66-72-61(48-89(66)75(99)62(63)50-110-76(78)100)60(45-84-111-77(2,3)4)59-10-6-7-11-64(59)87-72)43-71(96)109-49-54-15-19-57(20-16-54)85-74(98)65(12-8-9-25-79)86-68(93)52-108-51-67(92)82-26-23-58(91)24-28-101-30-32-103-34-36-105-38-40-107-41-39-106-37-35-104-33-31-102-29-27-88(81)47-56(80)44-83-73(97)55-17-13-53(14-18-55)46-90-69(94)21-22-70(90)95/h6-7,10-11,15-16,19-22,42,45,47,53,55,65H,5,8-9,12-14,17-18,23-41,43-44,46,48-52,79-81H2,1-4H3,(H,82,92)(H,83,97)(H,85,98)(H,86,93)/p+1. The van der Waals surface area contributed by atoms with Crippen molar-refractivity contribution < 1.29 is 101 Å². The van der Waals surface area contributed by atoms with Crippen molar-refractivity contribution in [2.75, 3.05) is 144 Å². The molecule has 8 rings (SSSR count). The van der Waals surface area contributed by atoms with E-state index in [4.69, 9.17) is 68.8 Å². The van der Waals surface area contributed by atoms with Crippen LogP contribution in [0.2, 0.25) is 0 Å². The lowest BCUT2D eigenvalue weighted by Crippen LogP contribution is -2.54. The fourth-order valence-corrected chi connectivity index (χ4v) is 12.9. The maximum atomic E-state index is 14.4. The van der Waals surface area contributed by atoms with Gasteiger partial charge in [0.05, 0.1) is 153 Å². The first-order valence-corrected chi connectivity index (χ1v) is 37.9. The van der Waals surface area contributed by atoms with Crippen molar-refractivity contribution in [1.82, 2.24) is 35.4 Å². The minimum Gasteiger partial charge on any atom is -0.461 e. The number of nitrogens with two attached hydrogens (primary N) is 2. The number of imide groups is 1. The molecule has 33 heteroatoms. The van der Waals surface area contributed by atoms with Crippen molar-refractivity contribution in [3.8, 4) is 11.4 Å². The first-order valence-electron chi connectivity index (χ1n) is 37.9. The molecule has 0 spiro atoms. The van der Waals surface area contributed by atoms with Crippen LogP contribution in [0.5, 0.6) is 0 Å². The molecule has 1 aliphatic carbocycles. The number of quaternary nitrogens is 1. The largest absolute Gasteiger partial charge is 0.461 e. The normalized spacial score (nSPS) is 17.0. The quantitative estimate of drug-likeness (QED) is 0.00735. The molecule has 33 nitrogen and oxygen atoms in total. The zero-order valence-electron chi connectivity index (χ0n) is 64.2. The number of hydrazine groups is 1. The molecule has 5 heterocycles. The van der Waals surface area contributed by atoms with Crippen molar-refractivity contribution in [3.05, 3.63) is 117 Å². The van der Waals surface area contributed by atoms with Crippen LogP contribution in [0.4, 0.5) is 5.69 Å². The summed E-state index contributed by atoms with van der Waals surface area (Å²) in [5.41, 5.74) is 12.8. The van der Waals surface area contributed by atoms with Crippen LogP contribution in [0.1, 0.15) is 126 Å². The molecule has 606 valence electrons. The summed E-state index contributed by atoms with van der Waals surface area (Å²) in [5.74, 6) is 2.39.